The summed E-state index contributed by atoms with van der Waals surface area (Å²) < 4.78 is 20.3. The minimum atomic E-state index is -0.624. The van der Waals surface area contributed by atoms with Crippen molar-refractivity contribution in [3.05, 3.63) is 88.3 Å². The van der Waals surface area contributed by atoms with Crippen LogP contribution in [0.2, 0.25) is 0 Å². The Hall–Kier alpha value is -4.27. The summed E-state index contributed by atoms with van der Waals surface area (Å²) in [4.78, 5) is 32.7. The Labute approximate surface area is 214 Å². The molecule has 0 bridgehead atoms. The molecule has 1 amide bonds. The average molecular weight is 503 g/mol. The lowest BCUT2D eigenvalue weighted by Gasteiger charge is -2.30. The summed E-state index contributed by atoms with van der Waals surface area (Å²) in [6.07, 6.45) is 1.83. The van der Waals surface area contributed by atoms with Crippen LogP contribution in [0.3, 0.4) is 0 Å². The van der Waals surface area contributed by atoms with Crippen molar-refractivity contribution in [1.29, 1.82) is 0 Å². The van der Waals surface area contributed by atoms with E-state index in [0.29, 0.717) is 54.0 Å². The number of oxazole rings is 1. The number of hydrogen-bond donors (Lipinski definition) is 0. The minimum absolute atomic E-state index is 0.193. The highest BCUT2D eigenvalue weighted by atomic mass is 16.6. The first-order valence-electron chi connectivity index (χ1n) is 12.2. The second kappa shape index (κ2) is 9.65. The second-order valence-electron chi connectivity index (χ2n) is 9.96. The molecule has 5 rings (SSSR count). The number of aromatic nitrogens is 3. The minimum Gasteiger partial charge on any atom is -0.497 e. The molecule has 4 aromatic rings. The third kappa shape index (κ3) is 5.02. The highest BCUT2D eigenvalue weighted by Gasteiger charge is 2.33. The van der Waals surface area contributed by atoms with Gasteiger partial charge in [0.05, 0.1) is 31.2 Å². The number of amides is 1. The molecule has 9 heteroatoms. The number of imidazole rings is 1. The summed E-state index contributed by atoms with van der Waals surface area (Å²) in [7, 11) is 1.59. The van der Waals surface area contributed by atoms with Gasteiger partial charge in [-0.1, -0.05) is 30.3 Å². The van der Waals surface area contributed by atoms with Crippen LogP contribution >= 0.6 is 0 Å². The van der Waals surface area contributed by atoms with Gasteiger partial charge in [-0.15, -0.1) is 0 Å². The summed E-state index contributed by atoms with van der Waals surface area (Å²) in [5.74, 6) is 1.67. The molecule has 2 aromatic heterocycles. The van der Waals surface area contributed by atoms with E-state index in [0.717, 1.165) is 5.56 Å². The summed E-state index contributed by atoms with van der Waals surface area (Å²) in [6, 6.07) is 17.2. The number of fused-ring (bicyclic) bond motifs is 1. The Kier molecular flexibility index (Phi) is 6.37. The van der Waals surface area contributed by atoms with Crippen LogP contribution in [0.4, 0.5) is 4.79 Å². The van der Waals surface area contributed by atoms with Crippen LogP contribution in [0, 0.1) is 0 Å². The molecular weight excluding hydrogens is 472 g/mol. The molecule has 0 N–H and O–H groups in total. The lowest BCUT2D eigenvalue weighted by molar-refractivity contribution is 0.0198. The third-order valence-electron chi connectivity index (χ3n) is 6.14. The molecule has 192 valence electrons. The van der Waals surface area contributed by atoms with Crippen LogP contribution in [0.25, 0.3) is 17.3 Å². The number of nitrogens with zero attached hydrogens (tertiary/aromatic N) is 4. The SMILES string of the molecule is COc1ccc(-n2c(-c3ncc(Cc4ccccc4)o3)c3n(c2=O)CCN(C(=O)OC(C)(C)C)C3)cc1. The molecule has 0 radical (unpaired) electrons. The standard InChI is InChI=1S/C28H30N4O5/c1-28(2,3)37-27(34)30-14-15-31-23(18-30)24(32(26(31)33)20-10-12-21(35-4)13-11-20)25-29-17-22(36-25)16-19-8-6-5-7-9-19/h5-13,17H,14-16,18H2,1-4H3. The second-order valence-corrected chi connectivity index (χ2v) is 9.96. The van der Waals surface area contributed by atoms with Gasteiger partial charge in [0.2, 0.25) is 5.89 Å². The van der Waals surface area contributed by atoms with E-state index in [1.54, 1.807) is 39.5 Å². The molecule has 2 aromatic carbocycles. The van der Waals surface area contributed by atoms with E-state index in [2.05, 4.69) is 4.98 Å². The maximum Gasteiger partial charge on any atom is 0.410 e. The van der Waals surface area contributed by atoms with Crippen LogP contribution in [0.5, 0.6) is 5.75 Å². The van der Waals surface area contributed by atoms with E-state index in [1.165, 1.54) is 0 Å². The molecule has 0 fully saturated rings. The highest BCUT2D eigenvalue weighted by molar-refractivity contribution is 5.69. The van der Waals surface area contributed by atoms with Crippen LogP contribution < -0.4 is 10.4 Å². The molecule has 0 atom stereocenters. The molecule has 0 aliphatic carbocycles. The number of benzene rings is 2. The van der Waals surface area contributed by atoms with Crippen molar-refractivity contribution in [2.45, 2.75) is 45.9 Å². The molecule has 1 aliphatic rings. The van der Waals surface area contributed by atoms with Crippen molar-refractivity contribution in [3.8, 4) is 23.0 Å². The Morgan fingerprint density at radius 2 is 1.78 bits per heavy atom. The van der Waals surface area contributed by atoms with Gasteiger partial charge in [-0.2, -0.15) is 0 Å². The number of hydrogen-bond acceptors (Lipinski definition) is 6. The Morgan fingerprint density at radius 1 is 1.05 bits per heavy atom. The molecule has 1 aliphatic heterocycles. The summed E-state index contributed by atoms with van der Waals surface area (Å²) >= 11 is 0. The molecule has 0 saturated carbocycles. The molecular formula is C28H30N4O5. The number of rotatable bonds is 5. The molecule has 9 nitrogen and oxygen atoms in total. The number of methoxy groups -OCH3 is 1. The van der Waals surface area contributed by atoms with Crippen LogP contribution in [-0.4, -0.2) is 44.4 Å². The van der Waals surface area contributed by atoms with Gasteiger partial charge in [0.15, 0.2) is 0 Å². The number of carbonyl (C=O) groups is 1. The monoisotopic (exact) mass is 502 g/mol. The smallest absolute Gasteiger partial charge is 0.410 e. The van der Waals surface area contributed by atoms with Crippen LogP contribution in [-0.2, 0) is 24.2 Å². The van der Waals surface area contributed by atoms with E-state index >= 15 is 0 Å². The normalized spacial score (nSPS) is 13.4. The van der Waals surface area contributed by atoms with Gasteiger partial charge in [0, 0.05) is 19.5 Å². The van der Waals surface area contributed by atoms with Gasteiger partial charge in [0.1, 0.15) is 22.8 Å². The quantitative estimate of drug-likeness (QED) is 0.395. The van der Waals surface area contributed by atoms with E-state index in [1.807, 2.05) is 63.2 Å². The van der Waals surface area contributed by atoms with Gasteiger partial charge in [-0.25, -0.2) is 14.6 Å². The Bertz CT molecular complexity index is 1460. The predicted molar refractivity (Wildman–Crippen MR) is 138 cm³/mol. The molecule has 0 spiro atoms. The van der Waals surface area contributed by atoms with Gasteiger partial charge in [0.25, 0.3) is 0 Å². The van der Waals surface area contributed by atoms with E-state index in [4.69, 9.17) is 13.9 Å². The maximum absolute atomic E-state index is 13.7. The zero-order chi connectivity index (χ0) is 26.2. The zero-order valence-corrected chi connectivity index (χ0v) is 21.4. The van der Waals surface area contributed by atoms with Crippen molar-refractivity contribution < 1.29 is 18.7 Å². The number of ether oxygens (including phenoxy) is 2. The zero-order valence-electron chi connectivity index (χ0n) is 21.4. The lowest BCUT2D eigenvalue weighted by Crippen LogP contribution is -2.43. The molecule has 3 heterocycles. The molecule has 37 heavy (non-hydrogen) atoms. The predicted octanol–water partition coefficient (Wildman–Crippen LogP) is 4.64. The third-order valence-corrected chi connectivity index (χ3v) is 6.14. The van der Waals surface area contributed by atoms with Crippen LogP contribution in [0.15, 0.2) is 70.0 Å². The Balaban J connectivity index is 1.59. The lowest BCUT2D eigenvalue weighted by atomic mass is 10.1. The maximum atomic E-state index is 13.7. The van der Waals surface area contributed by atoms with E-state index in [9.17, 15) is 9.59 Å². The number of carbonyl (C=O) groups excluding carboxylic acids is 1. The Morgan fingerprint density at radius 3 is 2.46 bits per heavy atom. The van der Waals surface area contributed by atoms with Gasteiger partial charge in [-0.05, 0) is 50.6 Å². The first kappa shape index (κ1) is 24.4. The summed E-state index contributed by atoms with van der Waals surface area (Å²) in [5.41, 5.74) is 2.05. The van der Waals surface area contributed by atoms with Gasteiger partial charge < -0.3 is 18.8 Å². The largest absolute Gasteiger partial charge is 0.497 e. The first-order valence-corrected chi connectivity index (χ1v) is 12.2. The van der Waals surface area contributed by atoms with E-state index in [-0.39, 0.29) is 12.2 Å². The highest BCUT2D eigenvalue weighted by Crippen LogP contribution is 2.30. The van der Waals surface area contributed by atoms with Crippen molar-refractivity contribution in [1.82, 2.24) is 19.0 Å². The average Bonchev–Trinajstić information content (AvgIpc) is 3.45. The van der Waals surface area contributed by atoms with Crippen molar-refractivity contribution >= 4 is 6.09 Å². The summed E-state index contributed by atoms with van der Waals surface area (Å²) in [6.45, 7) is 6.38. The fourth-order valence-electron chi connectivity index (χ4n) is 4.43. The van der Waals surface area contributed by atoms with Crippen molar-refractivity contribution in [3.63, 3.8) is 0 Å². The van der Waals surface area contributed by atoms with Gasteiger partial charge >= 0.3 is 11.8 Å². The topological polar surface area (TPSA) is 91.7 Å². The van der Waals surface area contributed by atoms with E-state index < -0.39 is 11.7 Å². The molecule has 0 saturated heterocycles. The fourth-order valence-corrected chi connectivity index (χ4v) is 4.43. The fraction of sp³-hybridized carbons (Fsp3) is 0.321. The first-order chi connectivity index (χ1) is 17.7. The van der Waals surface area contributed by atoms with Crippen LogP contribution in [0.1, 0.15) is 37.8 Å². The van der Waals surface area contributed by atoms with Gasteiger partial charge in [-0.3, -0.25) is 9.13 Å². The summed E-state index contributed by atoms with van der Waals surface area (Å²) in [5, 5.41) is 0. The molecule has 0 unspecified atom stereocenters. The van der Waals surface area contributed by atoms with Crippen molar-refractivity contribution in [2.24, 2.45) is 0 Å². The van der Waals surface area contributed by atoms with Crippen molar-refractivity contribution in [2.75, 3.05) is 13.7 Å².